The fraction of sp³-hybridized carbons (Fsp3) is 0.900. The van der Waals surface area contributed by atoms with Crippen LogP contribution in [0, 0.1) is 17.8 Å². The largest absolute Gasteiger partial charge is 0.377 e. The Morgan fingerprint density at radius 3 is 2.15 bits per heavy atom. The Hall–Kier alpha value is -1.14. The minimum Gasteiger partial charge on any atom is -0.377 e. The van der Waals surface area contributed by atoms with Gasteiger partial charge in [0.2, 0.25) is 11.8 Å². The summed E-state index contributed by atoms with van der Waals surface area (Å²) >= 11 is 0. The predicted molar refractivity (Wildman–Crippen MR) is 101 cm³/mol. The van der Waals surface area contributed by atoms with Crippen molar-refractivity contribution >= 4 is 11.8 Å². The Kier molecular flexibility index (Phi) is 7.89. The van der Waals surface area contributed by atoms with Gasteiger partial charge in [0.1, 0.15) is 0 Å². The number of amides is 2. The molecule has 0 aromatic rings. The first kappa shape index (κ1) is 21.2. The van der Waals surface area contributed by atoms with Gasteiger partial charge in [0.05, 0.1) is 38.5 Å². The number of carbonyl (C=O) groups excluding carboxylic acids is 2. The van der Waals surface area contributed by atoms with Crippen molar-refractivity contribution in [3.05, 3.63) is 0 Å². The van der Waals surface area contributed by atoms with Gasteiger partial charge in [-0.3, -0.25) is 9.59 Å². The number of rotatable bonds is 6. The molecule has 0 aromatic heterocycles. The van der Waals surface area contributed by atoms with Gasteiger partial charge in [0.25, 0.3) is 0 Å². The Morgan fingerprint density at radius 2 is 1.54 bits per heavy atom. The third-order valence-electron chi connectivity index (χ3n) is 5.73. The van der Waals surface area contributed by atoms with Crippen molar-refractivity contribution in [1.29, 1.82) is 0 Å². The standard InChI is InChI=1S/C20H36N2O4/c1-14(2)19(23)22-9-11-26-13-18(22)15(3)6-7-16(4)20(24)21-8-10-25-12-17(21)5/h14-18H,6-13H2,1-5H3/t15?,16?,17-,18-/m1/s1. The summed E-state index contributed by atoms with van der Waals surface area (Å²) in [6.45, 7) is 14.0. The van der Waals surface area contributed by atoms with Gasteiger partial charge in [0, 0.05) is 24.9 Å². The third-order valence-corrected chi connectivity index (χ3v) is 5.73. The van der Waals surface area contributed by atoms with E-state index in [1.54, 1.807) is 0 Å². The van der Waals surface area contributed by atoms with Crippen LogP contribution >= 0.6 is 0 Å². The van der Waals surface area contributed by atoms with E-state index in [1.807, 2.05) is 37.5 Å². The summed E-state index contributed by atoms with van der Waals surface area (Å²) in [4.78, 5) is 29.2. The number of morpholine rings is 2. The first-order valence-corrected chi connectivity index (χ1v) is 10.1. The molecule has 2 aliphatic rings. The maximum atomic E-state index is 12.7. The molecule has 2 unspecified atom stereocenters. The average molecular weight is 369 g/mol. The minimum atomic E-state index is -0.00300. The lowest BCUT2D eigenvalue weighted by Gasteiger charge is -2.40. The van der Waals surface area contributed by atoms with Crippen molar-refractivity contribution in [3.63, 3.8) is 0 Å². The van der Waals surface area contributed by atoms with Gasteiger partial charge in [0.15, 0.2) is 0 Å². The van der Waals surface area contributed by atoms with Gasteiger partial charge in [-0.15, -0.1) is 0 Å². The number of nitrogens with zero attached hydrogens (tertiary/aromatic N) is 2. The van der Waals surface area contributed by atoms with Crippen LogP contribution < -0.4 is 0 Å². The zero-order valence-corrected chi connectivity index (χ0v) is 17.1. The summed E-state index contributed by atoms with van der Waals surface area (Å²) in [5, 5.41) is 0. The van der Waals surface area contributed by atoms with Crippen molar-refractivity contribution in [2.75, 3.05) is 39.5 Å². The highest BCUT2D eigenvalue weighted by Gasteiger charge is 2.33. The molecule has 2 aliphatic heterocycles. The highest BCUT2D eigenvalue weighted by molar-refractivity contribution is 5.79. The number of carbonyl (C=O) groups is 2. The van der Waals surface area contributed by atoms with E-state index in [0.29, 0.717) is 45.4 Å². The van der Waals surface area contributed by atoms with E-state index in [4.69, 9.17) is 9.47 Å². The summed E-state index contributed by atoms with van der Waals surface area (Å²) in [5.74, 6) is 0.748. The first-order chi connectivity index (χ1) is 12.3. The van der Waals surface area contributed by atoms with Gasteiger partial charge in [-0.1, -0.05) is 27.7 Å². The van der Waals surface area contributed by atoms with Crippen LogP contribution in [0.4, 0.5) is 0 Å². The Labute approximate surface area is 158 Å². The molecule has 2 fully saturated rings. The van der Waals surface area contributed by atoms with E-state index in [0.717, 1.165) is 12.8 Å². The smallest absolute Gasteiger partial charge is 0.225 e. The second-order valence-electron chi connectivity index (χ2n) is 8.24. The van der Waals surface area contributed by atoms with E-state index in [-0.39, 0.29) is 35.7 Å². The molecular formula is C20H36N2O4. The van der Waals surface area contributed by atoms with Crippen LogP contribution in [0.5, 0.6) is 0 Å². The molecule has 0 saturated carbocycles. The van der Waals surface area contributed by atoms with Crippen molar-refractivity contribution in [2.45, 2.75) is 59.5 Å². The topological polar surface area (TPSA) is 59.1 Å². The van der Waals surface area contributed by atoms with Gasteiger partial charge >= 0.3 is 0 Å². The normalized spacial score (nSPS) is 26.7. The SMILES string of the molecule is CC(C)C(=O)N1CCOC[C@@H]1C(C)CCC(C)C(=O)N1CCOC[C@H]1C. The summed E-state index contributed by atoms with van der Waals surface area (Å²) in [6.07, 6.45) is 1.76. The van der Waals surface area contributed by atoms with Crippen LogP contribution in [0.1, 0.15) is 47.5 Å². The van der Waals surface area contributed by atoms with Crippen molar-refractivity contribution in [1.82, 2.24) is 9.80 Å². The third kappa shape index (κ3) is 5.19. The predicted octanol–water partition coefficient (Wildman–Crippen LogP) is 2.17. The van der Waals surface area contributed by atoms with Gasteiger partial charge < -0.3 is 19.3 Å². The van der Waals surface area contributed by atoms with E-state index >= 15 is 0 Å². The Bertz CT molecular complexity index is 482. The summed E-state index contributed by atoms with van der Waals surface area (Å²) < 4.78 is 11.1. The minimum absolute atomic E-state index is 0.00300. The molecule has 0 bridgehead atoms. The zero-order chi connectivity index (χ0) is 19.3. The van der Waals surface area contributed by atoms with E-state index in [9.17, 15) is 9.59 Å². The lowest BCUT2D eigenvalue weighted by Crippen LogP contribution is -2.53. The summed E-state index contributed by atoms with van der Waals surface area (Å²) in [5.41, 5.74) is 0. The Morgan fingerprint density at radius 1 is 0.923 bits per heavy atom. The molecule has 0 spiro atoms. The lowest BCUT2D eigenvalue weighted by molar-refractivity contribution is -0.146. The van der Waals surface area contributed by atoms with Crippen LogP contribution in [-0.4, -0.2) is 73.2 Å². The second-order valence-corrected chi connectivity index (χ2v) is 8.24. The molecule has 26 heavy (non-hydrogen) atoms. The molecule has 150 valence electrons. The van der Waals surface area contributed by atoms with E-state index < -0.39 is 0 Å². The summed E-state index contributed by atoms with van der Waals surface area (Å²) in [6, 6.07) is 0.269. The average Bonchev–Trinajstić information content (AvgIpc) is 2.64. The maximum Gasteiger partial charge on any atom is 0.225 e. The molecule has 2 saturated heterocycles. The van der Waals surface area contributed by atoms with Crippen LogP contribution in [0.3, 0.4) is 0 Å². The monoisotopic (exact) mass is 368 g/mol. The number of hydrogen-bond donors (Lipinski definition) is 0. The lowest BCUT2D eigenvalue weighted by atomic mass is 9.90. The van der Waals surface area contributed by atoms with Crippen molar-refractivity contribution in [3.8, 4) is 0 Å². The first-order valence-electron chi connectivity index (χ1n) is 10.1. The van der Waals surface area contributed by atoms with Gasteiger partial charge in [-0.25, -0.2) is 0 Å². The molecule has 2 rings (SSSR count). The molecule has 4 atom stereocenters. The summed E-state index contributed by atoms with van der Waals surface area (Å²) in [7, 11) is 0. The van der Waals surface area contributed by atoms with Crippen LogP contribution in [0.25, 0.3) is 0 Å². The molecule has 0 radical (unpaired) electrons. The van der Waals surface area contributed by atoms with Crippen LogP contribution in [0.2, 0.25) is 0 Å². The Balaban J connectivity index is 1.88. The van der Waals surface area contributed by atoms with Crippen molar-refractivity contribution in [2.24, 2.45) is 17.8 Å². The highest BCUT2D eigenvalue weighted by Crippen LogP contribution is 2.24. The van der Waals surface area contributed by atoms with Crippen molar-refractivity contribution < 1.29 is 19.1 Å². The second kappa shape index (κ2) is 9.70. The molecular weight excluding hydrogens is 332 g/mol. The fourth-order valence-corrected chi connectivity index (χ4v) is 3.87. The maximum absolute atomic E-state index is 12.7. The van der Waals surface area contributed by atoms with E-state index in [1.165, 1.54) is 0 Å². The van der Waals surface area contributed by atoms with Crippen LogP contribution in [-0.2, 0) is 19.1 Å². The molecule has 2 amide bonds. The molecule has 0 aromatic carbocycles. The number of hydrogen-bond acceptors (Lipinski definition) is 4. The quantitative estimate of drug-likeness (QED) is 0.721. The zero-order valence-electron chi connectivity index (χ0n) is 17.1. The van der Waals surface area contributed by atoms with Crippen LogP contribution in [0.15, 0.2) is 0 Å². The number of ether oxygens (including phenoxy) is 2. The highest BCUT2D eigenvalue weighted by atomic mass is 16.5. The molecule has 0 N–H and O–H groups in total. The molecule has 6 nitrogen and oxygen atoms in total. The molecule has 6 heteroatoms. The fourth-order valence-electron chi connectivity index (χ4n) is 3.87. The van der Waals surface area contributed by atoms with Gasteiger partial charge in [-0.2, -0.15) is 0 Å². The molecule has 2 heterocycles. The molecule has 0 aliphatic carbocycles. The van der Waals surface area contributed by atoms with E-state index in [2.05, 4.69) is 6.92 Å². The van der Waals surface area contributed by atoms with Gasteiger partial charge in [-0.05, 0) is 25.7 Å².